The largest absolute Gasteiger partial charge is 0.317 e. The molecule has 0 radical (unpaired) electrons. The molecule has 2 aliphatic heterocycles. The van der Waals surface area contributed by atoms with E-state index in [4.69, 9.17) is 5.26 Å². The second kappa shape index (κ2) is 8.16. The van der Waals surface area contributed by atoms with Gasteiger partial charge in [-0.2, -0.15) is 5.26 Å². The van der Waals surface area contributed by atoms with E-state index >= 15 is 0 Å². The molecule has 4 rings (SSSR count). The van der Waals surface area contributed by atoms with Crippen LogP contribution in [0.1, 0.15) is 70.0 Å². The normalized spacial score (nSPS) is 23.4. The molecule has 3 aliphatic rings. The van der Waals surface area contributed by atoms with Crippen LogP contribution in [-0.4, -0.2) is 46.3 Å². The summed E-state index contributed by atoms with van der Waals surface area (Å²) >= 11 is 0. The van der Waals surface area contributed by atoms with Crippen LogP contribution in [-0.2, 0) is 16.0 Å². The molecule has 1 spiro atoms. The molecule has 0 aromatic carbocycles. The molecular formula is C24H31N5O2. The molecule has 3 heterocycles. The van der Waals surface area contributed by atoms with Crippen molar-refractivity contribution in [2.24, 2.45) is 16.7 Å². The minimum Gasteiger partial charge on any atom is -0.317 e. The molecule has 1 aliphatic carbocycles. The van der Waals surface area contributed by atoms with Crippen molar-refractivity contribution in [1.29, 1.82) is 5.26 Å². The molecule has 0 bridgehead atoms. The van der Waals surface area contributed by atoms with E-state index in [0.717, 1.165) is 62.0 Å². The maximum absolute atomic E-state index is 13.4. The fourth-order valence-corrected chi connectivity index (χ4v) is 5.26. The number of rotatable bonds is 3. The highest BCUT2D eigenvalue weighted by Crippen LogP contribution is 2.42. The molecule has 164 valence electrons. The number of nitriles is 1. The standard InChI is InChI=1S/C24H31N5O2/c1-23(2,3)11-16-4-5-19-17(14-27-20(13-25)28-19)10-18(16)15-29-21(30)12-24(22(29)31)6-8-26-9-7-24/h10,14,16,26H,4-9,11-12,15H2,1-3H3. The zero-order valence-electron chi connectivity index (χ0n) is 18.7. The molecule has 7 nitrogen and oxygen atoms in total. The quantitative estimate of drug-likeness (QED) is 0.754. The maximum atomic E-state index is 13.4. The van der Waals surface area contributed by atoms with Crippen LogP contribution >= 0.6 is 0 Å². The summed E-state index contributed by atoms with van der Waals surface area (Å²) < 4.78 is 0. The lowest BCUT2D eigenvalue weighted by Gasteiger charge is -2.32. The van der Waals surface area contributed by atoms with Crippen molar-refractivity contribution in [3.05, 3.63) is 28.9 Å². The van der Waals surface area contributed by atoms with Crippen LogP contribution in [0.2, 0.25) is 0 Å². The number of nitrogens with zero attached hydrogens (tertiary/aromatic N) is 4. The van der Waals surface area contributed by atoms with Gasteiger partial charge >= 0.3 is 0 Å². The highest BCUT2D eigenvalue weighted by atomic mass is 16.2. The zero-order chi connectivity index (χ0) is 22.2. The molecule has 1 N–H and O–H groups in total. The van der Waals surface area contributed by atoms with Crippen molar-refractivity contribution in [2.45, 2.75) is 59.3 Å². The summed E-state index contributed by atoms with van der Waals surface area (Å²) in [5.74, 6) is 0.364. The van der Waals surface area contributed by atoms with Gasteiger partial charge in [-0.1, -0.05) is 26.8 Å². The Kier molecular flexibility index (Phi) is 5.69. The minimum atomic E-state index is -0.518. The first-order valence-electron chi connectivity index (χ1n) is 11.2. The Morgan fingerprint density at radius 2 is 2.03 bits per heavy atom. The molecular weight excluding hydrogens is 390 g/mol. The fourth-order valence-electron chi connectivity index (χ4n) is 5.26. The Morgan fingerprint density at radius 3 is 2.71 bits per heavy atom. The Morgan fingerprint density at radius 1 is 1.29 bits per heavy atom. The third kappa shape index (κ3) is 4.40. The number of hydrogen-bond donors (Lipinski definition) is 1. The smallest absolute Gasteiger partial charge is 0.236 e. The third-order valence-corrected chi connectivity index (χ3v) is 6.84. The highest BCUT2D eigenvalue weighted by molar-refractivity contribution is 6.06. The van der Waals surface area contributed by atoms with E-state index in [0.29, 0.717) is 13.0 Å². The van der Waals surface area contributed by atoms with Crippen molar-refractivity contribution in [2.75, 3.05) is 19.6 Å². The zero-order valence-corrected chi connectivity index (χ0v) is 18.7. The predicted octanol–water partition coefficient (Wildman–Crippen LogP) is 2.86. The van der Waals surface area contributed by atoms with E-state index < -0.39 is 5.41 Å². The summed E-state index contributed by atoms with van der Waals surface area (Å²) in [6.45, 7) is 8.56. The van der Waals surface area contributed by atoms with Crippen molar-refractivity contribution < 1.29 is 9.59 Å². The van der Waals surface area contributed by atoms with Crippen molar-refractivity contribution >= 4 is 17.9 Å². The number of nitrogens with one attached hydrogen (secondary N) is 1. The van der Waals surface area contributed by atoms with Gasteiger partial charge in [0.05, 0.1) is 17.7 Å². The van der Waals surface area contributed by atoms with E-state index in [1.165, 1.54) is 4.90 Å². The molecule has 31 heavy (non-hydrogen) atoms. The first-order chi connectivity index (χ1) is 14.7. The fraction of sp³-hybridized carbons (Fsp3) is 0.625. The highest BCUT2D eigenvalue weighted by Gasteiger charge is 2.51. The van der Waals surface area contributed by atoms with Gasteiger partial charge in [-0.25, -0.2) is 9.97 Å². The van der Waals surface area contributed by atoms with Crippen LogP contribution in [0, 0.1) is 28.1 Å². The Labute approximate surface area is 183 Å². The predicted molar refractivity (Wildman–Crippen MR) is 116 cm³/mol. The summed E-state index contributed by atoms with van der Waals surface area (Å²) in [4.78, 5) is 36.4. The lowest BCUT2D eigenvalue weighted by Crippen LogP contribution is -2.43. The second-order valence-electron chi connectivity index (χ2n) is 10.4. The molecule has 2 amide bonds. The van der Waals surface area contributed by atoms with E-state index in [2.05, 4.69) is 42.1 Å². The van der Waals surface area contributed by atoms with Crippen LogP contribution < -0.4 is 5.32 Å². The topological polar surface area (TPSA) is 99.0 Å². The van der Waals surface area contributed by atoms with E-state index in [1.54, 1.807) is 6.20 Å². The first-order valence-corrected chi connectivity index (χ1v) is 11.2. The summed E-state index contributed by atoms with van der Waals surface area (Å²) in [5, 5.41) is 12.5. The summed E-state index contributed by atoms with van der Waals surface area (Å²) in [5.41, 5.74) is 2.44. The van der Waals surface area contributed by atoms with E-state index in [1.807, 2.05) is 6.07 Å². The molecule has 7 heteroatoms. The van der Waals surface area contributed by atoms with Gasteiger partial charge in [0, 0.05) is 18.2 Å². The van der Waals surface area contributed by atoms with Crippen molar-refractivity contribution in [3.63, 3.8) is 0 Å². The molecule has 1 aromatic heterocycles. The number of likely N-dealkylation sites (tertiary alicyclic amines) is 1. The van der Waals surface area contributed by atoms with E-state index in [9.17, 15) is 9.59 Å². The van der Waals surface area contributed by atoms with Crippen LogP contribution in [0.25, 0.3) is 6.08 Å². The Hall–Kier alpha value is -2.59. The van der Waals surface area contributed by atoms with E-state index in [-0.39, 0.29) is 29.0 Å². The third-order valence-electron chi connectivity index (χ3n) is 6.84. The van der Waals surface area contributed by atoms with Gasteiger partial charge in [0.1, 0.15) is 6.07 Å². The molecule has 2 saturated heterocycles. The SMILES string of the molecule is CC(C)(C)CC1CCc2nc(C#N)ncc2C=C1CN1C(=O)CC2(CCNCC2)C1=O. The van der Waals surface area contributed by atoms with Crippen molar-refractivity contribution in [1.82, 2.24) is 20.2 Å². The number of fused-ring (bicyclic) bond motifs is 1. The summed E-state index contributed by atoms with van der Waals surface area (Å²) in [6.07, 6.45) is 8.13. The maximum Gasteiger partial charge on any atom is 0.236 e. The number of imide groups is 1. The Bertz CT molecular complexity index is 963. The van der Waals surface area contributed by atoms with Crippen LogP contribution in [0.15, 0.2) is 11.8 Å². The lowest BCUT2D eigenvalue weighted by atomic mass is 9.77. The van der Waals surface area contributed by atoms with Gasteiger partial charge in [-0.3, -0.25) is 14.5 Å². The number of aromatic nitrogens is 2. The Balaban J connectivity index is 1.66. The van der Waals surface area contributed by atoms with Gasteiger partial charge in [-0.15, -0.1) is 0 Å². The number of amides is 2. The average Bonchev–Trinajstić information content (AvgIpc) is 2.85. The van der Waals surface area contributed by atoms with Gasteiger partial charge in [-0.05, 0) is 62.1 Å². The second-order valence-corrected chi connectivity index (χ2v) is 10.4. The monoisotopic (exact) mass is 421 g/mol. The lowest BCUT2D eigenvalue weighted by molar-refractivity contribution is -0.141. The number of carbonyl (C=O) groups is 2. The van der Waals surface area contributed by atoms with Crippen LogP contribution in [0.4, 0.5) is 0 Å². The number of piperidine rings is 1. The van der Waals surface area contributed by atoms with Gasteiger partial charge in [0.25, 0.3) is 0 Å². The van der Waals surface area contributed by atoms with Crippen molar-refractivity contribution in [3.8, 4) is 6.07 Å². The van der Waals surface area contributed by atoms with Crippen LogP contribution in [0.3, 0.4) is 0 Å². The summed E-state index contributed by atoms with van der Waals surface area (Å²) in [6, 6.07) is 2.02. The molecule has 0 saturated carbocycles. The number of carbonyl (C=O) groups excluding carboxylic acids is 2. The van der Waals surface area contributed by atoms with Crippen LogP contribution in [0.5, 0.6) is 0 Å². The minimum absolute atomic E-state index is 0.00467. The molecule has 2 fully saturated rings. The van der Waals surface area contributed by atoms with Gasteiger partial charge in [0.15, 0.2) is 0 Å². The van der Waals surface area contributed by atoms with Gasteiger partial charge in [0.2, 0.25) is 17.6 Å². The molecule has 1 atom stereocenters. The first kappa shape index (κ1) is 21.6. The van der Waals surface area contributed by atoms with Gasteiger partial charge < -0.3 is 5.32 Å². The molecule has 1 aromatic rings. The summed E-state index contributed by atoms with van der Waals surface area (Å²) in [7, 11) is 0. The average molecular weight is 422 g/mol. The number of aryl methyl sites for hydroxylation is 1. The number of hydrogen-bond acceptors (Lipinski definition) is 6. The molecule has 1 unspecified atom stereocenters.